The van der Waals surface area contributed by atoms with E-state index in [-0.39, 0.29) is 26.4 Å². The molecule has 0 aromatic heterocycles. The van der Waals surface area contributed by atoms with Crippen LogP contribution in [0.25, 0.3) is 0 Å². The molecule has 0 saturated carbocycles. The SMILES string of the molecule is CCCCCC/C=[CH]\[Ge].C[Si](C)C.C[Si](C)C.C[Si](C)C. The molecule has 6 radical (unpaired) electrons. The Labute approximate surface area is 151 Å². The third kappa shape index (κ3) is 156. The minimum absolute atomic E-state index is 0.120. The van der Waals surface area contributed by atoms with Crippen LogP contribution in [-0.4, -0.2) is 42.9 Å². The first-order valence-electron chi connectivity index (χ1n) is 8.24. The van der Waals surface area contributed by atoms with E-state index in [1.165, 1.54) is 32.1 Å². The predicted molar refractivity (Wildman–Crippen MR) is 114 cm³/mol. The first kappa shape index (κ1) is 29.9. The van der Waals surface area contributed by atoms with E-state index in [2.05, 4.69) is 93.3 Å². The van der Waals surface area contributed by atoms with Crippen LogP contribution in [0.5, 0.6) is 0 Å². The van der Waals surface area contributed by atoms with Crippen molar-refractivity contribution in [2.75, 3.05) is 0 Å². The molecule has 0 fully saturated rings. The third-order valence-corrected chi connectivity index (χ3v) is 1.84. The van der Waals surface area contributed by atoms with Crippen molar-refractivity contribution in [3.63, 3.8) is 0 Å². The Morgan fingerprint density at radius 2 is 1.00 bits per heavy atom. The van der Waals surface area contributed by atoms with Crippen molar-refractivity contribution >= 4 is 42.9 Å². The van der Waals surface area contributed by atoms with Crippen molar-refractivity contribution in [2.24, 2.45) is 0 Å². The summed E-state index contributed by atoms with van der Waals surface area (Å²) in [6.45, 7) is 22.7. The molecule has 0 saturated heterocycles. The van der Waals surface area contributed by atoms with Crippen LogP contribution in [0.15, 0.2) is 11.0 Å². The summed E-state index contributed by atoms with van der Waals surface area (Å²) in [5.74, 6) is 0. The number of allylic oxidation sites excluding steroid dienone is 1. The molecule has 0 aliphatic rings. The number of hydrogen-bond acceptors (Lipinski definition) is 0. The van der Waals surface area contributed by atoms with Gasteiger partial charge in [0, 0.05) is 26.4 Å². The molecule has 0 amide bonds. The quantitative estimate of drug-likeness (QED) is 0.352. The van der Waals surface area contributed by atoms with Crippen LogP contribution in [0.2, 0.25) is 58.9 Å². The maximum absolute atomic E-state index is 2.27. The normalized spacial score (nSPS) is 9.81. The monoisotopic (exact) mass is 404 g/mol. The average molecular weight is 403 g/mol. The zero-order valence-electron chi connectivity index (χ0n) is 16.7. The van der Waals surface area contributed by atoms with Crippen LogP contribution in [0.4, 0.5) is 0 Å². The summed E-state index contributed by atoms with van der Waals surface area (Å²) in [6, 6.07) is 0. The molecule has 0 spiro atoms. The smallest absolute Gasteiger partial charge is 0.0379 e. The Kier molecular flexibility index (Phi) is 41.3. The van der Waals surface area contributed by atoms with Gasteiger partial charge in [0.15, 0.2) is 0 Å². The van der Waals surface area contributed by atoms with Crippen LogP contribution in [0.3, 0.4) is 0 Å². The van der Waals surface area contributed by atoms with Gasteiger partial charge >= 0.3 is 66.5 Å². The van der Waals surface area contributed by atoms with Crippen LogP contribution >= 0.6 is 0 Å². The maximum Gasteiger partial charge on any atom is 0.0379 e. The summed E-state index contributed by atoms with van der Waals surface area (Å²) in [7, 11) is 0.361. The average Bonchev–Trinajstić information content (AvgIpc) is 2.26. The molecule has 0 N–H and O–H groups in total. The molecule has 0 atom stereocenters. The molecule has 0 aliphatic heterocycles. The van der Waals surface area contributed by atoms with E-state index in [0.717, 1.165) is 0 Å². The van der Waals surface area contributed by atoms with E-state index in [4.69, 9.17) is 0 Å². The molecule has 0 unspecified atom stereocenters. The van der Waals surface area contributed by atoms with E-state index in [1.54, 1.807) is 0 Å². The zero-order chi connectivity index (χ0) is 17.7. The van der Waals surface area contributed by atoms with Gasteiger partial charge in [0.1, 0.15) is 0 Å². The summed E-state index contributed by atoms with van der Waals surface area (Å²) in [5.41, 5.74) is 0. The Morgan fingerprint density at radius 1 is 0.667 bits per heavy atom. The Bertz CT molecular complexity index is 147. The Hall–Kier alpha value is 0.934. The van der Waals surface area contributed by atoms with E-state index < -0.39 is 0 Å². The third-order valence-electron chi connectivity index (χ3n) is 1.34. The van der Waals surface area contributed by atoms with E-state index in [0.29, 0.717) is 0 Å². The Morgan fingerprint density at radius 3 is 1.24 bits per heavy atom. The van der Waals surface area contributed by atoms with Crippen molar-refractivity contribution in [3.05, 3.63) is 11.0 Å². The van der Waals surface area contributed by atoms with E-state index in [1.807, 2.05) is 0 Å². The Balaban J connectivity index is -0.000000102. The summed E-state index contributed by atoms with van der Waals surface area (Å²) in [4.78, 5) is 2.13. The fraction of sp³-hybridized carbons (Fsp3) is 0.882. The van der Waals surface area contributed by atoms with E-state index in [9.17, 15) is 0 Å². The molecular formula is C17H42GeSi3. The second-order valence-electron chi connectivity index (χ2n) is 6.75. The second kappa shape index (κ2) is 29.0. The van der Waals surface area contributed by atoms with Gasteiger partial charge in [-0.25, -0.2) is 0 Å². The van der Waals surface area contributed by atoms with Crippen molar-refractivity contribution < 1.29 is 0 Å². The molecule has 21 heavy (non-hydrogen) atoms. The fourth-order valence-electron chi connectivity index (χ4n) is 0.772. The molecule has 4 heteroatoms. The minimum Gasteiger partial charge on any atom is -0.0715 e. The second-order valence-corrected chi connectivity index (χ2v) is 16.5. The summed E-state index contributed by atoms with van der Waals surface area (Å²) in [5, 5.41) is 0. The van der Waals surface area contributed by atoms with Gasteiger partial charge in [0.05, 0.1) is 0 Å². The first-order valence-corrected chi connectivity index (χ1v) is 18.4. The van der Waals surface area contributed by atoms with Crippen LogP contribution in [0, 0.1) is 0 Å². The van der Waals surface area contributed by atoms with Gasteiger partial charge < -0.3 is 0 Å². The first-order chi connectivity index (χ1) is 9.61. The maximum atomic E-state index is 2.27. The number of hydrogen-bond donors (Lipinski definition) is 0. The summed E-state index contributed by atoms with van der Waals surface area (Å²) in [6.07, 6.45) is 9.04. The molecule has 0 aliphatic carbocycles. The van der Waals surface area contributed by atoms with Gasteiger partial charge in [0.25, 0.3) is 0 Å². The largest absolute Gasteiger partial charge is 0.0715 e. The van der Waals surface area contributed by atoms with Crippen LogP contribution in [-0.2, 0) is 0 Å². The van der Waals surface area contributed by atoms with Gasteiger partial charge in [-0.2, -0.15) is 0 Å². The molecule has 0 aromatic rings. The number of unbranched alkanes of at least 4 members (excludes halogenated alkanes) is 4. The predicted octanol–water partition coefficient (Wildman–Crippen LogP) is 6.75. The fourth-order valence-corrected chi connectivity index (χ4v) is 1.12. The standard InChI is InChI=1S/C8H15Ge.3C3H9Si/c1-2-3-4-5-6-7-8-9;3*1-4(2)3/h7-8H,2-6H2,1H3;3*1-3H3/b8-7-;;;. The van der Waals surface area contributed by atoms with Gasteiger partial charge in [-0.05, 0) is 0 Å². The minimum atomic E-state index is 0.120. The topological polar surface area (TPSA) is 0 Å². The molecule has 0 bridgehead atoms. The molecule has 0 heterocycles. The van der Waals surface area contributed by atoms with Crippen LogP contribution in [0.1, 0.15) is 39.0 Å². The van der Waals surface area contributed by atoms with Gasteiger partial charge in [-0.15, -0.1) is 0 Å². The van der Waals surface area contributed by atoms with Gasteiger partial charge in [0.2, 0.25) is 0 Å². The van der Waals surface area contributed by atoms with Gasteiger partial charge in [-0.1, -0.05) is 58.9 Å². The molecule has 0 aromatic carbocycles. The van der Waals surface area contributed by atoms with Crippen molar-refractivity contribution in [1.82, 2.24) is 0 Å². The molecule has 0 nitrogen and oxygen atoms in total. The summed E-state index contributed by atoms with van der Waals surface area (Å²) < 4.78 is 0. The van der Waals surface area contributed by atoms with E-state index >= 15 is 0 Å². The van der Waals surface area contributed by atoms with Gasteiger partial charge in [-0.3, -0.25) is 0 Å². The molecule has 0 rings (SSSR count). The van der Waals surface area contributed by atoms with Crippen molar-refractivity contribution in [3.8, 4) is 0 Å². The molecular weight excluding hydrogens is 361 g/mol. The number of rotatable bonds is 5. The van der Waals surface area contributed by atoms with Crippen molar-refractivity contribution in [2.45, 2.75) is 98.0 Å². The van der Waals surface area contributed by atoms with Crippen molar-refractivity contribution in [1.29, 1.82) is 0 Å². The van der Waals surface area contributed by atoms with Crippen LogP contribution < -0.4 is 0 Å². The molecule has 126 valence electrons. The summed E-state index contributed by atoms with van der Waals surface area (Å²) >= 11 is 2.08. The zero-order valence-corrected chi connectivity index (χ0v) is 21.8.